The average Bonchev–Trinajstić information content (AvgIpc) is 3.56. The van der Waals surface area contributed by atoms with E-state index in [2.05, 4.69) is 0 Å². The van der Waals surface area contributed by atoms with Crippen molar-refractivity contribution in [2.24, 2.45) is 17.8 Å². The van der Waals surface area contributed by atoms with Gasteiger partial charge >= 0.3 is 5.97 Å². The Hall–Kier alpha value is -4.50. The number of amides is 3. The molecule has 3 amide bonds. The van der Waals surface area contributed by atoms with Gasteiger partial charge < -0.3 is 9.15 Å². The Balaban J connectivity index is 1.39. The van der Waals surface area contributed by atoms with Gasteiger partial charge in [-0.05, 0) is 73.0 Å². The molecule has 0 spiro atoms. The number of carbonyl (C=O) groups is 5. The van der Waals surface area contributed by atoms with E-state index < -0.39 is 47.9 Å². The molecule has 0 saturated carbocycles. The highest BCUT2D eigenvalue weighted by Gasteiger charge is 2.53. The van der Waals surface area contributed by atoms with Crippen molar-refractivity contribution < 1.29 is 33.1 Å². The van der Waals surface area contributed by atoms with Crippen LogP contribution in [0.1, 0.15) is 44.6 Å². The third-order valence-electron chi connectivity index (χ3n) is 6.82. The van der Waals surface area contributed by atoms with E-state index in [0.717, 1.165) is 10.0 Å². The first kappa shape index (κ1) is 26.1. The number of halogens is 1. The van der Waals surface area contributed by atoms with Crippen LogP contribution in [0.4, 0.5) is 0 Å². The number of nitrogens with zero attached hydrogens (tertiary/aromatic N) is 2. The zero-order valence-corrected chi connectivity index (χ0v) is 21.5. The number of hydrazine groups is 1. The summed E-state index contributed by atoms with van der Waals surface area (Å²) in [5.74, 6) is -4.15. The summed E-state index contributed by atoms with van der Waals surface area (Å²) in [7, 11) is 0. The van der Waals surface area contributed by atoms with Crippen LogP contribution in [0.3, 0.4) is 0 Å². The number of ketones is 1. The van der Waals surface area contributed by atoms with E-state index in [1.54, 1.807) is 6.07 Å². The van der Waals surface area contributed by atoms with Crippen molar-refractivity contribution >= 4 is 41.1 Å². The largest absolute Gasteiger partial charge is 0.457 e. The van der Waals surface area contributed by atoms with Gasteiger partial charge in [0.2, 0.25) is 5.76 Å². The van der Waals surface area contributed by atoms with E-state index in [9.17, 15) is 24.0 Å². The van der Waals surface area contributed by atoms with Gasteiger partial charge in [-0.25, -0.2) is 9.80 Å². The smallest absolute Gasteiger partial charge is 0.379 e. The number of furan rings is 1. The van der Waals surface area contributed by atoms with E-state index in [0.29, 0.717) is 11.4 Å². The number of fused-ring (bicyclic) bond motifs is 1. The van der Waals surface area contributed by atoms with Gasteiger partial charge in [0.1, 0.15) is 12.3 Å². The third-order valence-corrected chi connectivity index (χ3v) is 7.07. The molecule has 2 aliphatic rings. The van der Waals surface area contributed by atoms with E-state index >= 15 is 0 Å². The molecule has 9 nitrogen and oxygen atoms in total. The molecule has 0 unspecified atom stereocenters. The number of esters is 1. The van der Waals surface area contributed by atoms with E-state index in [1.165, 1.54) is 60.9 Å². The molecular formula is C29H23ClN2O7. The van der Waals surface area contributed by atoms with Crippen LogP contribution in [-0.4, -0.2) is 46.0 Å². The molecule has 0 bridgehead atoms. The summed E-state index contributed by atoms with van der Waals surface area (Å²) in [4.78, 5) is 65.8. The number of hydrogen-bond donors (Lipinski definition) is 0. The van der Waals surface area contributed by atoms with Crippen LogP contribution >= 0.6 is 11.6 Å². The number of rotatable bonds is 7. The maximum atomic E-state index is 13.6. The molecule has 1 aliphatic carbocycles. The minimum Gasteiger partial charge on any atom is -0.457 e. The standard InChI is InChI=1S/C29H23ClN2O7/c1-17-4-2-5-22-25(17)28(36)32(27(22)35)31(26(34)19-7-11-20(30)12-8-19)16-23(33)18-9-13-21(14-10-18)39-29(37)24-6-3-15-38-24/h2-4,6-15,17,22,25H,5,16H2,1H3/t17-,22-,25-/m1/s1. The van der Waals surface area contributed by atoms with Gasteiger partial charge in [-0.1, -0.05) is 30.7 Å². The van der Waals surface area contributed by atoms with Crippen LogP contribution < -0.4 is 4.74 Å². The van der Waals surface area contributed by atoms with Crippen LogP contribution in [0.15, 0.2) is 83.5 Å². The first-order chi connectivity index (χ1) is 18.7. The zero-order chi connectivity index (χ0) is 27.7. The van der Waals surface area contributed by atoms with Crippen molar-refractivity contribution in [1.82, 2.24) is 10.0 Å². The first-order valence-electron chi connectivity index (χ1n) is 12.3. The molecular weight excluding hydrogens is 524 g/mol. The molecule has 2 aromatic carbocycles. The van der Waals surface area contributed by atoms with Crippen LogP contribution in [0, 0.1) is 17.8 Å². The summed E-state index contributed by atoms with van der Waals surface area (Å²) >= 11 is 5.96. The Labute approximate surface area is 228 Å². The molecule has 198 valence electrons. The lowest BCUT2D eigenvalue weighted by Gasteiger charge is -2.30. The molecule has 1 saturated heterocycles. The van der Waals surface area contributed by atoms with Crippen molar-refractivity contribution in [3.8, 4) is 5.75 Å². The second-order valence-electron chi connectivity index (χ2n) is 9.33. The maximum Gasteiger partial charge on any atom is 0.379 e. The fourth-order valence-corrected chi connectivity index (χ4v) is 4.96. The van der Waals surface area contributed by atoms with Gasteiger partial charge in [-0.2, -0.15) is 5.01 Å². The van der Waals surface area contributed by atoms with Gasteiger partial charge in [0.05, 0.1) is 18.1 Å². The molecule has 3 atom stereocenters. The molecule has 1 aliphatic heterocycles. The quantitative estimate of drug-likeness (QED) is 0.140. The molecule has 5 rings (SSSR count). The van der Waals surface area contributed by atoms with Crippen LogP contribution in [0.5, 0.6) is 5.75 Å². The van der Waals surface area contributed by atoms with E-state index in [4.69, 9.17) is 20.8 Å². The number of carbonyl (C=O) groups excluding carboxylic acids is 5. The molecule has 10 heteroatoms. The molecule has 0 N–H and O–H groups in total. The minimum atomic E-state index is -0.699. The molecule has 2 heterocycles. The van der Waals surface area contributed by atoms with Gasteiger partial charge in [-0.15, -0.1) is 0 Å². The highest BCUT2D eigenvalue weighted by molar-refractivity contribution is 6.30. The first-order valence-corrected chi connectivity index (χ1v) is 12.6. The number of imide groups is 1. The highest BCUT2D eigenvalue weighted by atomic mass is 35.5. The number of benzene rings is 2. The predicted octanol–water partition coefficient (Wildman–Crippen LogP) is 4.59. The predicted molar refractivity (Wildman–Crippen MR) is 139 cm³/mol. The van der Waals surface area contributed by atoms with Gasteiger partial charge in [0.25, 0.3) is 17.7 Å². The van der Waals surface area contributed by atoms with Crippen molar-refractivity contribution in [2.75, 3.05) is 6.54 Å². The summed E-state index contributed by atoms with van der Waals surface area (Å²) in [5, 5.41) is 2.14. The molecule has 1 aromatic heterocycles. The number of hydrogen-bond acceptors (Lipinski definition) is 7. The van der Waals surface area contributed by atoms with Crippen LogP contribution in [-0.2, 0) is 9.59 Å². The number of ether oxygens (including phenoxy) is 1. The maximum absolute atomic E-state index is 13.6. The summed E-state index contributed by atoms with van der Waals surface area (Å²) in [6.07, 6.45) is 5.46. The molecule has 39 heavy (non-hydrogen) atoms. The fourth-order valence-electron chi connectivity index (χ4n) is 4.83. The lowest BCUT2D eigenvalue weighted by Crippen LogP contribution is -2.52. The summed E-state index contributed by atoms with van der Waals surface area (Å²) in [6, 6.07) is 14.7. The second kappa shape index (κ2) is 10.7. The topological polar surface area (TPSA) is 114 Å². The van der Waals surface area contributed by atoms with Crippen molar-refractivity contribution in [3.63, 3.8) is 0 Å². The number of Topliss-reactive ketones (excluding diaryl/α,β-unsaturated/α-hetero) is 1. The van der Waals surface area contributed by atoms with Gasteiger partial charge in [0.15, 0.2) is 5.78 Å². The summed E-state index contributed by atoms with van der Waals surface area (Å²) in [6.45, 7) is 1.28. The summed E-state index contributed by atoms with van der Waals surface area (Å²) < 4.78 is 10.2. The Morgan fingerprint density at radius 1 is 1.00 bits per heavy atom. The Morgan fingerprint density at radius 3 is 2.33 bits per heavy atom. The lowest BCUT2D eigenvalue weighted by molar-refractivity contribution is -0.154. The van der Waals surface area contributed by atoms with Crippen molar-refractivity contribution in [2.45, 2.75) is 13.3 Å². The Kier molecular flexibility index (Phi) is 7.17. The van der Waals surface area contributed by atoms with Gasteiger partial charge in [-0.3, -0.25) is 19.2 Å². The zero-order valence-electron chi connectivity index (χ0n) is 20.8. The van der Waals surface area contributed by atoms with Crippen molar-refractivity contribution in [1.29, 1.82) is 0 Å². The fraction of sp³-hybridized carbons (Fsp3) is 0.207. The normalized spacial score (nSPS) is 20.1. The lowest BCUT2D eigenvalue weighted by atomic mass is 9.78. The second-order valence-corrected chi connectivity index (χ2v) is 9.76. The molecule has 0 radical (unpaired) electrons. The van der Waals surface area contributed by atoms with E-state index in [1.807, 2.05) is 19.1 Å². The van der Waals surface area contributed by atoms with E-state index in [-0.39, 0.29) is 28.6 Å². The Bertz CT molecular complexity index is 1460. The van der Waals surface area contributed by atoms with Crippen molar-refractivity contribution in [3.05, 3.63) is 101 Å². The van der Waals surface area contributed by atoms with Crippen LogP contribution in [0.2, 0.25) is 5.02 Å². The highest BCUT2D eigenvalue weighted by Crippen LogP contribution is 2.39. The van der Waals surface area contributed by atoms with Crippen LogP contribution in [0.25, 0.3) is 0 Å². The number of allylic oxidation sites excluding steroid dienone is 2. The monoisotopic (exact) mass is 546 g/mol. The summed E-state index contributed by atoms with van der Waals surface area (Å²) in [5.41, 5.74) is 0.349. The minimum absolute atomic E-state index is 0.0246. The third kappa shape index (κ3) is 5.13. The molecule has 3 aromatic rings. The van der Waals surface area contributed by atoms with Gasteiger partial charge in [0, 0.05) is 16.1 Å². The molecule has 1 fully saturated rings. The average molecular weight is 547 g/mol. The SMILES string of the molecule is C[C@@H]1C=CC[C@H]2C(=O)N(N(CC(=O)c3ccc(OC(=O)c4ccco4)cc3)C(=O)c3ccc(Cl)cc3)C(=O)[C@H]12. The Morgan fingerprint density at radius 2 is 1.69 bits per heavy atom.